The zero-order valence-electron chi connectivity index (χ0n) is 25.6. The number of aromatic nitrogens is 2. The van der Waals surface area contributed by atoms with Gasteiger partial charge in [0.1, 0.15) is 11.4 Å². The molecule has 1 spiro atoms. The Morgan fingerprint density at radius 1 is 1.05 bits per heavy atom. The molecule has 0 aromatic carbocycles. The van der Waals surface area contributed by atoms with Crippen LogP contribution < -0.4 is 10.6 Å². The number of likely N-dealkylation sites (tertiary alicyclic amines) is 1. The number of ether oxygens (including phenoxy) is 1. The number of unbranched alkanes of at least 4 members (excludes halogenated alkanes) is 1. The van der Waals surface area contributed by atoms with Crippen LogP contribution in [0.1, 0.15) is 128 Å². The molecule has 2 amide bonds. The van der Waals surface area contributed by atoms with Crippen molar-refractivity contribution < 1.29 is 14.3 Å². The van der Waals surface area contributed by atoms with Gasteiger partial charge >= 0.3 is 0 Å². The van der Waals surface area contributed by atoms with Crippen molar-refractivity contribution in [1.29, 1.82) is 0 Å². The molecule has 8 heteroatoms. The van der Waals surface area contributed by atoms with Crippen LogP contribution in [0.3, 0.4) is 0 Å². The summed E-state index contributed by atoms with van der Waals surface area (Å²) in [6.45, 7) is 4.65. The Labute approximate surface area is 251 Å². The minimum absolute atomic E-state index is 0.0216. The maximum atomic E-state index is 13.1. The molecule has 2 aromatic heterocycles. The van der Waals surface area contributed by atoms with E-state index in [-0.39, 0.29) is 17.2 Å². The average Bonchev–Trinajstić information content (AvgIpc) is 3.47. The number of hydrogen-bond donors (Lipinski definition) is 3. The third-order valence-corrected chi connectivity index (χ3v) is 9.85. The van der Waals surface area contributed by atoms with E-state index >= 15 is 0 Å². The van der Waals surface area contributed by atoms with Crippen molar-refractivity contribution in [3.05, 3.63) is 52.6 Å². The Bertz CT molecular complexity index is 1140. The second kappa shape index (κ2) is 15.1. The first-order valence-corrected chi connectivity index (χ1v) is 16.5. The van der Waals surface area contributed by atoms with Gasteiger partial charge in [-0.1, -0.05) is 63.9 Å². The smallest absolute Gasteiger partial charge is 0.272 e. The Morgan fingerprint density at radius 2 is 1.79 bits per heavy atom. The molecule has 1 saturated heterocycles. The maximum Gasteiger partial charge on any atom is 0.272 e. The number of aromatic amines is 1. The number of amides is 2. The van der Waals surface area contributed by atoms with Gasteiger partial charge in [-0.3, -0.25) is 14.6 Å². The van der Waals surface area contributed by atoms with Gasteiger partial charge in [-0.15, -0.1) is 0 Å². The molecule has 0 radical (unpaired) electrons. The summed E-state index contributed by atoms with van der Waals surface area (Å²) in [7, 11) is 1.65. The Morgan fingerprint density at radius 3 is 2.48 bits per heavy atom. The van der Waals surface area contributed by atoms with Gasteiger partial charge in [-0.05, 0) is 61.3 Å². The standard InChI is InChI=1S/C34H51N5O3/c1-42-24-27-12-13-29(37-22-27)33(41)39-19-14-26(15-20-39)11-7-10-18-36-32(40)30-21-28-23-35-25-34(31(28)38-30)16-8-5-3-2-4-6-9-17-34/h12-13,21-22,26,35,38H,2-11,14-20,23-25H2,1H3,(H,36,40). The number of piperidine rings is 1. The zero-order chi connectivity index (χ0) is 29.2. The lowest BCUT2D eigenvalue weighted by Crippen LogP contribution is -2.43. The lowest BCUT2D eigenvalue weighted by molar-refractivity contribution is 0.0679. The first kappa shape index (κ1) is 30.7. The van der Waals surface area contributed by atoms with Crippen molar-refractivity contribution in [2.24, 2.45) is 5.92 Å². The molecular weight excluding hydrogens is 526 g/mol. The molecule has 1 saturated carbocycles. The van der Waals surface area contributed by atoms with Crippen LogP contribution >= 0.6 is 0 Å². The number of methoxy groups -OCH3 is 1. The number of fused-ring (bicyclic) bond motifs is 2. The van der Waals surface area contributed by atoms with E-state index in [0.717, 1.165) is 69.5 Å². The fraction of sp³-hybridized carbons (Fsp3) is 0.676. The van der Waals surface area contributed by atoms with Gasteiger partial charge in [0, 0.05) is 57.1 Å². The molecule has 8 nitrogen and oxygen atoms in total. The molecule has 0 atom stereocenters. The number of carbonyl (C=O) groups is 2. The highest BCUT2D eigenvalue weighted by atomic mass is 16.5. The summed E-state index contributed by atoms with van der Waals surface area (Å²) in [6.07, 6.45) is 18.7. The molecule has 230 valence electrons. The number of pyridine rings is 1. The summed E-state index contributed by atoms with van der Waals surface area (Å²) in [5.41, 5.74) is 4.96. The predicted octanol–water partition coefficient (Wildman–Crippen LogP) is 5.87. The number of hydrogen-bond acceptors (Lipinski definition) is 5. The normalized spacial score (nSPS) is 19.8. The van der Waals surface area contributed by atoms with Crippen LogP contribution in [0.15, 0.2) is 24.4 Å². The molecule has 3 N–H and O–H groups in total. The quantitative estimate of drug-likeness (QED) is 0.324. The van der Waals surface area contributed by atoms with Crippen molar-refractivity contribution in [1.82, 2.24) is 25.5 Å². The van der Waals surface area contributed by atoms with Crippen LogP contribution in [-0.2, 0) is 23.3 Å². The van der Waals surface area contributed by atoms with E-state index in [1.807, 2.05) is 11.0 Å². The van der Waals surface area contributed by atoms with Crippen molar-refractivity contribution in [3.8, 4) is 0 Å². The predicted molar refractivity (Wildman–Crippen MR) is 165 cm³/mol. The SMILES string of the molecule is COCc1ccc(C(=O)N2CCC(CCCCNC(=O)c3cc4c([nH]3)C3(CCCCCCCCC3)CNC4)CC2)nc1. The summed E-state index contributed by atoms with van der Waals surface area (Å²) < 4.78 is 5.12. The van der Waals surface area contributed by atoms with Crippen LogP contribution in [-0.4, -0.2) is 60.0 Å². The van der Waals surface area contributed by atoms with Gasteiger partial charge in [0.25, 0.3) is 11.8 Å². The van der Waals surface area contributed by atoms with E-state index < -0.39 is 0 Å². The van der Waals surface area contributed by atoms with Crippen molar-refractivity contribution >= 4 is 11.8 Å². The van der Waals surface area contributed by atoms with Gasteiger partial charge in [0.15, 0.2) is 0 Å². The van der Waals surface area contributed by atoms with Crippen LogP contribution in [0.25, 0.3) is 0 Å². The Kier molecular flexibility index (Phi) is 11.1. The summed E-state index contributed by atoms with van der Waals surface area (Å²) in [4.78, 5) is 35.8. The molecule has 2 aromatic rings. The fourth-order valence-electron chi connectivity index (χ4n) is 7.36. The molecule has 5 rings (SSSR count). The number of nitrogens with one attached hydrogen (secondary N) is 3. The van der Waals surface area contributed by atoms with Gasteiger partial charge in [-0.2, -0.15) is 0 Å². The summed E-state index contributed by atoms with van der Waals surface area (Å²) in [5.74, 6) is 0.682. The van der Waals surface area contributed by atoms with E-state index in [1.54, 1.807) is 19.4 Å². The number of rotatable bonds is 9. The minimum atomic E-state index is 0.0216. The van der Waals surface area contributed by atoms with Crippen LogP contribution in [0.2, 0.25) is 0 Å². The lowest BCUT2D eigenvalue weighted by atomic mass is 9.72. The highest BCUT2D eigenvalue weighted by Crippen LogP contribution is 2.40. The van der Waals surface area contributed by atoms with E-state index in [0.29, 0.717) is 24.8 Å². The summed E-state index contributed by atoms with van der Waals surface area (Å²) >= 11 is 0. The molecule has 3 aliphatic rings. The van der Waals surface area contributed by atoms with Gasteiger partial charge < -0.3 is 25.3 Å². The summed E-state index contributed by atoms with van der Waals surface area (Å²) in [6, 6.07) is 5.80. The highest BCUT2D eigenvalue weighted by molar-refractivity contribution is 5.93. The van der Waals surface area contributed by atoms with E-state index in [4.69, 9.17) is 4.74 Å². The average molecular weight is 578 g/mol. The van der Waals surface area contributed by atoms with E-state index in [1.165, 1.54) is 69.0 Å². The third-order valence-electron chi connectivity index (χ3n) is 9.85. The van der Waals surface area contributed by atoms with E-state index in [9.17, 15) is 9.59 Å². The third kappa shape index (κ3) is 7.81. The zero-order valence-corrected chi connectivity index (χ0v) is 25.6. The lowest BCUT2D eigenvalue weighted by Gasteiger charge is -2.38. The second-order valence-electron chi connectivity index (χ2n) is 12.9. The molecule has 0 unspecified atom stereocenters. The fourth-order valence-corrected chi connectivity index (χ4v) is 7.36. The van der Waals surface area contributed by atoms with Crippen molar-refractivity contribution in [2.45, 2.75) is 108 Å². The monoisotopic (exact) mass is 577 g/mol. The van der Waals surface area contributed by atoms with Crippen molar-refractivity contribution in [3.63, 3.8) is 0 Å². The first-order valence-electron chi connectivity index (χ1n) is 16.5. The topological polar surface area (TPSA) is 99.4 Å². The number of nitrogens with zero attached hydrogens (tertiary/aromatic N) is 2. The van der Waals surface area contributed by atoms with Gasteiger partial charge in [-0.25, -0.2) is 0 Å². The van der Waals surface area contributed by atoms with Gasteiger partial charge in [0.05, 0.1) is 6.61 Å². The minimum Gasteiger partial charge on any atom is -0.380 e. The largest absolute Gasteiger partial charge is 0.380 e. The first-order chi connectivity index (χ1) is 20.6. The van der Waals surface area contributed by atoms with E-state index in [2.05, 4.69) is 26.7 Å². The maximum absolute atomic E-state index is 13.1. The highest BCUT2D eigenvalue weighted by Gasteiger charge is 2.38. The number of H-pyrrole nitrogens is 1. The summed E-state index contributed by atoms with van der Waals surface area (Å²) in [5, 5.41) is 6.84. The molecule has 4 heterocycles. The van der Waals surface area contributed by atoms with Crippen molar-refractivity contribution in [2.75, 3.05) is 33.3 Å². The molecule has 1 aliphatic carbocycles. The molecule has 2 aliphatic heterocycles. The molecule has 42 heavy (non-hydrogen) atoms. The van der Waals surface area contributed by atoms with Crippen LogP contribution in [0.5, 0.6) is 0 Å². The van der Waals surface area contributed by atoms with Crippen LogP contribution in [0.4, 0.5) is 0 Å². The molecule has 0 bridgehead atoms. The van der Waals surface area contributed by atoms with Gasteiger partial charge in [0.2, 0.25) is 0 Å². The van der Waals surface area contributed by atoms with Crippen LogP contribution in [0, 0.1) is 5.92 Å². The Balaban J connectivity index is 1.03. The second-order valence-corrected chi connectivity index (χ2v) is 12.9. The molecular formula is C34H51N5O3. The molecule has 2 fully saturated rings. The Hall–Kier alpha value is -2.71. The number of carbonyl (C=O) groups excluding carboxylic acids is 2.